The van der Waals surface area contributed by atoms with Gasteiger partial charge in [0.25, 0.3) is 0 Å². The number of nitriles is 1. The Morgan fingerprint density at radius 2 is 1.69 bits per heavy atom. The van der Waals surface area contributed by atoms with Crippen LogP contribution in [0, 0.1) is 17.1 Å². The molecule has 146 valence electrons. The van der Waals surface area contributed by atoms with E-state index in [-0.39, 0.29) is 17.3 Å². The topological polar surface area (TPSA) is 103 Å². The molecule has 0 bridgehead atoms. The van der Waals surface area contributed by atoms with Crippen LogP contribution in [-0.4, -0.2) is 22.5 Å². The molecule has 0 fully saturated rings. The van der Waals surface area contributed by atoms with Crippen molar-refractivity contribution in [2.75, 3.05) is 17.2 Å². The van der Waals surface area contributed by atoms with Crippen LogP contribution in [0.25, 0.3) is 0 Å². The number of halogens is 1. The van der Waals surface area contributed by atoms with Gasteiger partial charge in [0.1, 0.15) is 11.9 Å². The SMILES string of the molecule is N#Cc1cnc(NC(=O)Nc2ccc(CCNCc3ccc(F)cc3)cc2)cn1. The Bertz CT molecular complexity index is 982. The average molecular weight is 390 g/mol. The first-order valence-corrected chi connectivity index (χ1v) is 8.96. The highest BCUT2D eigenvalue weighted by atomic mass is 19.1. The molecule has 0 radical (unpaired) electrons. The Balaban J connectivity index is 1.41. The van der Waals surface area contributed by atoms with Crippen molar-refractivity contribution in [1.29, 1.82) is 5.26 Å². The van der Waals surface area contributed by atoms with Crippen LogP contribution < -0.4 is 16.0 Å². The number of benzene rings is 2. The van der Waals surface area contributed by atoms with Crippen LogP contribution in [0.2, 0.25) is 0 Å². The molecule has 3 N–H and O–H groups in total. The summed E-state index contributed by atoms with van der Waals surface area (Å²) in [5, 5.41) is 17.3. The van der Waals surface area contributed by atoms with Crippen molar-refractivity contribution in [2.45, 2.75) is 13.0 Å². The first kappa shape index (κ1) is 19.9. The molecule has 0 saturated carbocycles. The third kappa shape index (κ3) is 6.37. The number of rotatable bonds is 7. The molecular formula is C21H19FN6O. The van der Waals surface area contributed by atoms with Gasteiger partial charge in [0.2, 0.25) is 0 Å². The molecule has 1 heterocycles. The first-order chi connectivity index (χ1) is 14.1. The van der Waals surface area contributed by atoms with E-state index in [2.05, 4.69) is 25.9 Å². The molecule has 1 aromatic heterocycles. The molecule has 8 heteroatoms. The number of carbonyl (C=O) groups is 1. The van der Waals surface area contributed by atoms with Crippen molar-refractivity contribution in [3.8, 4) is 6.07 Å². The zero-order chi connectivity index (χ0) is 20.5. The van der Waals surface area contributed by atoms with E-state index in [1.54, 1.807) is 12.1 Å². The largest absolute Gasteiger partial charge is 0.324 e. The van der Waals surface area contributed by atoms with Crippen LogP contribution in [0.15, 0.2) is 60.9 Å². The van der Waals surface area contributed by atoms with E-state index in [9.17, 15) is 9.18 Å². The second kappa shape index (κ2) is 9.92. The summed E-state index contributed by atoms with van der Waals surface area (Å²) in [5.74, 6) is 0.0197. The van der Waals surface area contributed by atoms with Gasteiger partial charge < -0.3 is 10.6 Å². The molecule has 0 spiro atoms. The number of aromatic nitrogens is 2. The number of anilines is 2. The van der Waals surface area contributed by atoms with Gasteiger partial charge in [0, 0.05) is 12.2 Å². The van der Waals surface area contributed by atoms with E-state index >= 15 is 0 Å². The molecule has 3 aromatic rings. The maximum absolute atomic E-state index is 12.9. The lowest BCUT2D eigenvalue weighted by Crippen LogP contribution is -2.20. The molecule has 3 rings (SSSR count). The minimum Gasteiger partial charge on any atom is -0.312 e. The molecular weight excluding hydrogens is 371 g/mol. The number of amides is 2. The van der Waals surface area contributed by atoms with Crippen LogP contribution in [0.5, 0.6) is 0 Å². The van der Waals surface area contributed by atoms with Gasteiger partial charge >= 0.3 is 6.03 Å². The van der Waals surface area contributed by atoms with Crippen molar-refractivity contribution >= 4 is 17.5 Å². The standard InChI is InChI=1S/C21H19FN6O/c22-17-5-1-16(2-6-17)12-24-10-9-15-3-7-18(8-4-15)27-21(29)28-20-14-25-19(11-23)13-26-20/h1-8,13-14,24H,9-10,12H2,(H2,26,27,28,29). The van der Waals surface area contributed by atoms with Crippen LogP contribution in [0.4, 0.5) is 20.7 Å². The normalized spacial score (nSPS) is 10.2. The van der Waals surface area contributed by atoms with Gasteiger partial charge in [0.05, 0.1) is 12.4 Å². The fourth-order valence-corrected chi connectivity index (χ4v) is 2.55. The number of carbonyl (C=O) groups excluding carboxylic acids is 1. The summed E-state index contributed by atoms with van der Waals surface area (Å²) < 4.78 is 12.9. The quantitative estimate of drug-likeness (QED) is 0.536. The molecule has 0 aliphatic carbocycles. The molecule has 0 saturated heterocycles. The van der Waals surface area contributed by atoms with Crippen molar-refractivity contribution in [2.24, 2.45) is 0 Å². The van der Waals surface area contributed by atoms with Gasteiger partial charge in [-0.15, -0.1) is 0 Å². The average Bonchev–Trinajstić information content (AvgIpc) is 2.74. The van der Waals surface area contributed by atoms with E-state index in [1.807, 2.05) is 30.3 Å². The number of urea groups is 1. The highest BCUT2D eigenvalue weighted by Crippen LogP contribution is 2.11. The lowest BCUT2D eigenvalue weighted by atomic mass is 10.1. The number of hydrogen-bond donors (Lipinski definition) is 3. The van der Waals surface area contributed by atoms with Crippen LogP contribution in [0.1, 0.15) is 16.8 Å². The Morgan fingerprint density at radius 1 is 0.966 bits per heavy atom. The van der Waals surface area contributed by atoms with Crippen LogP contribution in [0.3, 0.4) is 0 Å². The van der Waals surface area contributed by atoms with Gasteiger partial charge in [-0.25, -0.2) is 19.2 Å². The summed E-state index contributed by atoms with van der Waals surface area (Å²) >= 11 is 0. The Morgan fingerprint density at radius 3 is 2.34 bits per heavy atom. The zero-order valence-corrected chi connectivity index (χ0v) is 15.5. The van der Waals surface area contributed by atoms with Gasteiger partial charge in [0.15, 0.2) is 11.5 Å². The maximum atomic E-state index is 12.9. The van der Waals surface area contributed by atoms with Gasteiger partial charge in [-0.2, -0.15) is 5.26 Å². The minimum absolute atomic E-state index is 0.179. The molecule has 0 unspecified atom stereocenters. The van der Waals surface area contributed by atoms with E-state index < -0.39 is 6.03 Å². The first-order valence-electron chi connectivity index (χ1n) is 8.96. The van der Waals surface area contributed by atoms with Crippen LogP contribution in [-0.2, 0) is 13.0 Å². The number of nitrogens with zero attached hydrogens (tertiary/aromatic N) is 3. The molecule has 2 aromatic carbocycles. The van der Waals surface area contributed by atoms with E-state index in [4.69, 9.17) is 5.26 Å². The summed E-state index contributed by atoms with van der Waals surface area (Å²) in [6.07, 6.45) is 3.43. The van der Waals surface area contributed by atoms with Crippen molar-refractivity contribution < 1.29 is 9.18 Å². The lowest BCUT2D eigenvalue weighted by Gasteiger charge is -2.08. The van der Waals surface area contributed by atoms with E-state index in [0.717, 1.165) is 24.1 Å². The number of hydrogen-bond acceptors (Lipinski definition) is 5. The summed E-state index contributed by atoms with van der Waals surface area (Å²) in [4.78, 5) is 19.8. The predicted octanol–water partition coefficient (Wildman–Crippen LogP) is 3.46. The number of nitrogens with one attached hydrogen (secondary N) is 3. The molecule has 7 nitrogen and oxygen atoms in total. The minimum atomic E-state index is -0.447. The maximum Gasteiger partial charge on any atom is 0.324 e. The molecule has 2 amide bonds. The monoisotopic (exact) mass is 390 g/mol. The van der Waals surface area contributed by atoms with E-state index in [1.165, 1.54) is 24.5 Å². The highest BCUT2D eigenvalue weighted by molar-refractivity contribution is 5.99. The van der Waals surface area contributed by atoms with E-state index in [0.29, 0.717) is 12.2 Å². The van der Waals surface area contributed by atoms with Gasteiger partial charge in [-0.05, 0) is 48.4 Å². The lowest BCUT2D eigenvalue weighted by molar-refractivity contribution is 0.262. The van der Waals surface area contributed by atoms with Gasteiger partial charge in [-0.1, -0.05) is 24.3 Å². The third-order valence-corrected chi connectivity index (χ3v) is 4.05. The van der Waals surface area contributed by atoms with Crippen molar-refractivity contribution in [3.05, 3.63) is 83.6 Å². The molecule has 0 aliphatic rings. The second-order valence-corrected chi connectivity index (χ2v) is 6.23. The fourth-order valence-electron chi connectivity index (χ4n) is 2.55. The summed E-state index contributed by atoms with van der Waals surface area (Å²) in [5.41, 5.74) is 2.98. The smallest absolute Gasteiger partial charge is 0.312 e. The van der Waals surface area contributed by atoms with Crippen molar-refractivity contribution in [3.63, 3.8) is 0 Å². The molecule has 0 atom stereocenters. The third-order valence-electron chi connectivity index (χ3n) is 4.05. The van der Waals surface area contributed by atoms with Gasteiger partial charge in [-0.3, -0.25) is 5.32 Å². The van der Waals surface area contributed by atoms with Crippen molar-refractivity contribution in [1.82, 2.24) is 15.3 Å². The Labute approximate surface area is 167 Å². The summed E-state index contributed by atoms with van der Waals surface area (Å²) in [6.45, 7) is 1.46. The summed E-state index contributed by atoms with van der Waals surface area (Å²) in [7, 11) is 0. The Hall–Kier alpha value is -3.83. The predicted molar refractivity (Wildman–Crippen MR) is 108 cm³/mol. The van der Waals surface area contributed by atoms with Crippen LogP contribution >= 0.6 is 0 Å². The molecule has 0 aliphatic heterocycles. The molecule has 29 heavy (non-hydrogen) atoms. The second-order valence-electron chi connectivity index (χ2n) is 6.23. The summed E-state index contributed by atoms with van der Waals surface area (Å²) in [6, 6.07) is 15.4. The fraction of sp³-hybridized carbons (Fsp3) is 0.143. The zero-order valence-electron chi connectivity index (χ0n) is 15.5. The Kier molecular flexibility index (Phi) is 6.81. The highest BCUT2D eigenvalue weighted by Gasteiger charge is 2.04.